The van der Waals surface area contributed by atoms with Crippen LogP contribution in [0, 0.1) is 13.8 Å². The number of hydrogen-bond acceptors (Lipinski definition) is 0. The summed E-state index contributed by atoms with van der Waals surface area (Å²) in [6.45, 7) is 4.35. The monoisotopic (exact) mass is 401 g/mol. The van der Waals surface area contributed by atoms with Crippen LogP contribution >= 0.6 is 0 Å². The van der Waals surface area contributed by atoms with Gasteiger partial charge >= 0.3 is 0 Å². The zero-order chi connectivity index (χ0) is 21.2. The van der Waals surface area contributed by atoms with Gasteiger partial charge in [0.05, 0.1) is 0 Å². The minimum absolute atomic E-state index is 1.15. The Morgan fingerprint density at radius 3 is 2.13 bits per heavy atom. The fraction of sp³-hybridized carbons (Fsp3) is 0.0690. The first kappa shape index (κ1) is 19.1. The van der Waals surface area contributed by atoms with E-state index in [9.17, 15) is 0 Å². The molecule has 5 rings (SSSR count). The molecule has 2 heterocycles. The maximum atomic E-state index is 2.32. The predicted octanol–water partition coefficient (Wildman–Crippen LogP) is 6.69. The summed E-state index contributed by atoms with van der Waals surface area (Å²) >= 11 is 0. The molecule has 0 fully saturated rings. The summed E-state index contributed by atoms with van der Waals surface area (Å²) in [6, 6.07) is 36.3. The molecule has 5 aromatic rings. The molecule has 150 valence electrons. The number of rotatable bonds is 4. The molecule has 0 saturated heterocycles. The number of benzene rings is 3. The number of pyridine rings is 1. The van der Waals surface area contributed by atoms with Gasteiger partial charge in [0.1, 0.15) is 0 Å². The number of aromatic nitrogens is 2. The molecular weight excluding hydrogens is 376 g/mol. The third kappa shape index (κ3) is 3.57. The standard InChI is InChI=1S/C29H25N2/c1-22-21-25(23(2)30(22)26-12-5-3-6-13-26)18-20-28-19-17-24-11-9-10-16-29(24)31(28)27-14-7-4-8-15-27/h3-21H,1-2H3/q+1. The highest BCUT2D eigenvalue weighted by Gasteiger charge is 2.17. The van der Waals surface area contributed by atoms with Gasteiger partial charge in [0, 0.05) is 52.8 Å². The van der Waals surface area contributed by atoms with E-state index in [0.29, 0.717) is 0 Å². The van der Waals surface area contributed by atoms with Gasteiger partial charge in [-0.25, -0.2) is 0 Å². The molecule has 0 spiro atoms. The van der Waals surface area contributed by atoms with Crippen molar-refractivity contribution >= 4 is 23.1 Å². The van der Waals surface area contributed by atoms with Gasteiger partial charge < -0.3 is 4.57 Å². The first-order valence-corrected chi connectivity index (χ1v) is 10.6. The average Bonchev–Trinajstić information content (AvgIpc) is 3.11. The van der Waals surface area contributed by atoms with Crippen molar-refractivity contribution in [1.29, 1.82) is 0 Å². The van der Waals surface area contributed by atoms with Gasteiger partial charge in [-0.05, 0) is 55.8 Å². The summed E-state index contributed by atoms with van der Waals surface area (Å²) in [6.07, 6.45) is 4.45. The number of fused-ring (bicyclic) bond motifs is 1. The topological polar surface area (TPSA) is 8.81 Å². The second-order valence-electron chi connectivity index (χ2n) is 7.82. The van der Waals surface area contributed by atoms with E-state index in [1.165, 1.54) is 33.5 Å². The second-order valence-corrected chi connectivity index (χ2v) is 7.82. The quantitative estimate of drug-likeness (QED) is 0.297. The van der Waals surface area contributed by atoms with Gasteiger partial charge in [-0.2, -0.15) is 4.57 Å². The van der Waals surface area contributed by atoms with Gasteiger partial charge in [0.15, 0.2) is 0 Å². The van der Waals surface area contributed by atoms with E-state index in [-0.39, 0.29) is 0 Å². The molecule has 2 nitrogen and oxygen atoms in total. The Morgan fingerprint density at radius 2 is 1.35 bits per heavy atom. The van der Waals surface area contributed by atoms with Crippen molar-refractivity contribution in [2.75, 3.05) is 0 Å². The number of hydrogen-bond donors (Lipinski definition) is 0. The highest BCUT2D eigenvalue weighted by molar-refractivity contribution is 5.78. The van der Waals surface area contributed by atoms with Crippen LogP contribution in [0.5, 0.6) is 0 Å². The van der Waals surface area contributed by atoms with Gasteiger partial charge in [-0.1, -0.05) is 48.5 Å². The van der Waals surface area contributed by atoms with Crippen molar-refractivity contribution in [1.82, 2.24) is 4.57 Å². The van der Waals surface area contributed by atoms with Crippen molar-refractivity contribution in [2.24, 2.45) is 0 Å². The second kappa shape index (κ2) is 8.08. The van der Waals surface area contributed by atoms with Crippen molar-refractivity contribution in [3.63, 3.8) is 0 Å². The Morgan fingerprint density at radius 1 is 0.677 bits per heavy atom. The van der Waals surface area contributed by atoms with E-state index in [1.807, 2.05) is 0 Å². The Bertz CT molecular complexity index is 1380. The zero-order valence-corrected chi connectivity index (χ0v) is 17.9. The molecule has 0 aliphatic carbocycles. The first-order valence-electron chi connectivity index (χ1n) is 10.6. The average molecular weight is 402 g/mol. The summed E-state index contributed by atoms with van der Waals surface area (Å²) in [7, 11) is 0. The largest absolute Gasteiger partial charge is 0.318 e. The van der Waals surface area contributed by atoms with Crippen LogP contribution in [0.2, 0.25) is 0 Å². The lowest BCUT2D eigenvalue weighted by atomic mass is 10.1. The fourth-order valence-corrected chi connectivity index (χ4v) is 4.32. The first-order chi connectivity index (χ1) is 15.2. The third-order valence-corrected chi connectivity index (χ3v) is 5.80. The highest BCUT2D eigenvalue weighted by atomic mass is 15.0. The third-order valence-electron chi connectivity index (χ3n) is 5.80. The maximum absolute atomic E-state index is 2.32. The summed E-state index contributed by atoms with van der Waals surface area (Å²) in [5.41, 5.74) is 8.41. The SMILES string of the molecule is Cc1cc(/C=C/c2ccc3ccccc3[n+]2-c2ccccc2)c(C)n1-c1ccccc1. The van der Waals surface area contributed by atoms with Gasteiger partial charge in [0.2, 0.25) is 16.9 Å². The summed E-state index contributed by atoms with van der Waals surface area (Å²) in [4.78, 5) is 0. The van der Waals surface area contributed by atoms with Crippen LogP contribution in [-0.4, -0.2) is 4.57 Å². The Labute approximate surface area is 183 Å². The fourth-order valence-electron chi connectivity index (χ4n) is 4.32. The van der Waals surface area contributed by atoms with Gasteiger partial charge in [-0.3, -0.25) is 0 Å². The molecule has 0 aliphatic heterocycles. The van der Waals surface area contributed by atoms with Gasteiger partial charge in [-0.15, -0.1) is 0 Å². The Kier molecular flexibility index (Phi) is 4.97. The summed E-state index contributed by atoms with van der Waals surface area (Å²) in [5, 5.41) is 1.23. The zero-order valence-electron chi connectivity index (χ0n) is 17.9. The Hall–Kier alpha value is -3.91. The van der Waals surface area contributed by atoms with Crippen molar-refractivity contribution in [3.8, 4) is 11.4 Å². The van der Waals surface area contributed by atoms with Crippen LogP contribution < -0.4 is 4.57 Å². The molecule has 2 aromatic heterocycles. The van der Waals surface area contributed by atoms with Crippen molar-refractivity contribution < 1.29 is 4.57 Å². The van der Waals surface area contributed by atoms with E-state index in [1.54, 1.807) is 0 Å². The lowest BCUT2D eigenvalue weighted by Crippen LogP contribution is -2.35. The predicted molar refractivity (Wildman–Crippen MR) is 130 cm³/mol. The molecule has 0 atom stereocenters. The van der Waals surface area contributed by atoms with Crippen LogP contribution in [0.3, 0.4) is 0 Å². The van der Waals surface area contributed by atoms with Crippen LogP contribution in [0.1, 0.15) is 22.6 Å². The smallest absolute Gasteiger partial charge is 0.218 e. The summed E-state index contributed by atoms with van der Waals surface area (Å²) in [5.74, 6) is 0. The molecular formula is C29H25N2+. The lowest BCUT2D eigenvalue weighted by molar-refractivity contribution is -0.569. The molecule has 31 heavy (non-hydrogen) atoms. The maximum Gasteiger partial charge on any atom is 0.218 e. The van der Waals surface area contributed by atoms with E-state index in [2.05, 4.69) is 138 Å². The van der Waals surface area contributed by atoms with Crippen molar-refractivity contribution in [3.05, 3.63) is 126 Å². The van der Waals surface area contributed by atoms with Crippen LogP contribution in [-0.2, 0) is 0 Å². The van der Waals surface area contributed by atoms with E-state index in [0.717, 1.165) is 11.4 Å². The van der Waals surface area contributed by atoms with Crippen LogP contribution in [0.15, 0.2) is 103 Å². The molecule has 0 bridgehead atoms. The van der Waals surface area contributed by atoms with Crippen molar-refractivity contribution in [2.45, 2.75) is 13.8 Å². The van der Waals surface area contributed by atoms with E-state index in [4.69, 9.17) is 0 Å². The molecule has 0 N–H and O–H groups in total. The van der Waals surface area contributed by atoms with E-state index >= 15 is 0 Å². The normalized spacial score (nSPS) is 11.4. The molecule has 0 radical (unpaired) electrons. The highest BCUT2D eigenvalue weighted by Crippen LogP contribution is 2.23. The molecule has 0 amide bonds. The number of aryl methyl sites for hydroxylation is 1. The van der Waals surface area contributed by atoms with Crippen LogP contribution in [0.4, 0.5) is 0 Å². The summed E-state index contributed by atoms with van der Waals surface area (Å²) < 4.78 is 4.63. The molecule has 2 heteroatoms. The molecule has 3 aromatic carbocycles. The minimum Gasteiger partial charge on any atom is -0.318 e. The minimum atomic E-state index is 1.15. The van der Waals surface area contributed by atoms with E-state index < -0.39 is 0 Å². The molecule has 0 aliphatic rings. The molecule has 0 unspecified atom stereocenters. The lowest BCUT2D eigenvalue weighted by Gasteiger charge is -2.09. The molecule has 0 saturated carbocycles. The number of nitrogens with zero attached hydrogens (tertiary/aromatic N) is 2. The van der Waals surface area contributed by atoms with Crippen LogP contribution in [0.25, 0.3) is 34.4 Å². The van der Waals surface area contributed by atoms with Gasteiger partial charge in [0.25, 0.3) is 0 Å². The Balaban J connectivity index is 1.62. The number of para-hydroxylation sites is 3.